The molecule has 0 aromatic heterocycles. The summed E-state index contributed by atoms with van der Waals surface area (Å²) in [5.74, 6) is 0. The van der Waals surface area contributed by atoms with Crippen LogP contribution >= 0.6 is 0 Å². The van der Waals surface area contributed by atoms with Crippen LogP contribution in [0.15, 0.2) is 42.5 Å². The van der Waals surface area contributed by atoms with Crippen LogP contribution in [0.1, 0.15) is 18.4 Å². The van der Waals surface area contributed by atoms with E-state index in [2.05, 4.69) is 0 Å². The number of carbonyl (C=O) groups excluding carboxylic acids is 1. The van der Waals surface area contributed by atoms with Crippen molar-refractivity contribution in [2.24, 2.45) is 0 Å². The van der Waals surface area contributed by atoms with Crippen molar-refractivity contribution in [1.29, 1.82) is 0 Å². The molecule has 1 aliphatic rings. The molecule has 0 saturated carbocycles. The summed E-state index contributed by atoms with van der Waals surface area (Å²) in [5.41, 5.74) is 0.984. The number of benzene rings is 1. The lowest BCUT2D eigenvalue weighted by atomic mass is 10.2. The Kier molecular flexibility index (Phi) is 4.98. The highest BCUT2D eigenvalue weighted by Crippen LogP contribution is 2.19. The molecule has 2 rings (SSSR count). The summed E-state index contributed by atoms with van der Waals surface area (Å²) in [4.78, 5) is 13.7. The van der Waals surface area contributed by atoms with E-state index in [0.29, 0.717) is 13.2 Å². The monoisotopic (exact) mass is 261 g/mol. The Morgan fingerprint density at radius 1 is 1.42 bits per heavy atom. The van der Waals surface area contributed by atoms with Crippen LogP contribution in [-0.4, -0.2) is 35.3 Å². The molecule has 0 bridgehead atoms. The third kappa shape index (κ3) is 3.83. The van der Waals surface area contributed by atoms with Crippen molar-refractivity contribution in [2.75, 3.05) is 13.2 Å². The van der Waals surface area contributed by atoms with Crippen LogP contribution in [0.5, 0.6) is 0 Å². The van der Waals surface area contributed by atoms with Crippen LogP contribution in [0.25, 0.3) is 0 Å². The lowest BCUT2D eigenvalue weighted by molar-refractivity contribution is 0.0974. The quantitative estimate of drug-likeness (QED) is 0.846. The number of rotatable bonds is 4. The van der Waals surface area contributed by atoms with Gasteiger partial charge in [0, 0.05) is 6.54 Å². The van der Waals surface area contributed by atoms with Gasteiger partial charge in [0.1, 0.15) is 6.61 Å². The zero-order valence-electron chi connectivity index (χ0n) is 10.9. The van der Waals surface area contributed by atoms with Gasteiger partial charge in [-0.05, 0) is 18.4 Å². The Bertz CT molecular complexity index is 430. The molecular formula is C15H19NO3. The number of amides is 1. The van der Waals surface area contributed by atoms with Gasteiger partial charge in [0.2, 0.25) is 0 Å². The Hall–Kier alpha value is -1.81. The van der Waals surface area contributed by atoms with Gasteiger partial charge in [-0.25, -0.2) is 4.79 Å². The van der Waals surface area contributed by atoms with E-state index in [9.17, 15) is 4.79 Å². The van der Waals surface area contributed by atoms with Gasteiger partial charge in [0.15, 0.2) is 0 Å². The van der Waals surface area contributed by atoms with Crippen molar-refractivity contribution < 1.29 is 14.6 Å². The number of aliphatic hydroxyl groups excluding tert-OH is 1. The van der Waals surface area contributed by atoms with Crippen LogP contribution in [0, 0.1) is 0 Å². The maximum Gasteiger partial charge on any atom is 0.410 e. The second kappa shape index (κ2) is 6.95. The van der Waals surface area contributed by atoms with E-state index >= 15 is 0 Å². The Morgan fingerprint density at radius 2 is 2.21 bits per heavy atom. The minimum Gasteiger partial charge on any atom is -0.445 e. The number of hydrogen-bond acceptors (Lipinski definition) is 3. The molecule has 1 aromatic rings. The van der Waals surface area contributed by atoms with Crippen molar-refractivity contribution >= 4 is 6.09 Å². The lowest BCUT2D eigenvalue weighted by Gasteiger charge is -2.21. The molecule has 1 fully saturated rings. The molecule has 1 aromatic carbocycles. The summed E-state index contributed by atoms with van der Waals surface area (Å²) < 4.78 is 5.31. The van der Waals surface area contributed by atoms with Gasteiger partial charge in [-0.15, -0.1) is 0 Å². The van der Waals surface area contributed by atoms with Crippen molar-refractivity contribution in [3.63, 3.8) is 0 Å². The molecule has 1 N–H and O–H groups in total. The van der Waals surface area contributed by atoms with Gasteiger partial charge in [-0.2, -0.15) is 0 Å². The zero-order chi connectivity index (χ0) is 13.5. The fraction of sp³-hybridized carbons (Fsp3) is 0.400. The molecule has 1 saturated heterocycles. The van der Waals surface area contributed by atoms with E-state index in [4.69, 9.17) is 9.84 Å². The highest BCUT2D eigenvalue weighted by molar-refractivity contribution is 5.68. The third-order valence-electron chi connectivity index (χ3n) is 3.20. The van der Waals surface area contributed by atoms with Gasteiger partial charge in [-0.3, -0.25) is 0 Å². The highest BCUT2D eigenvalue weighted by Gasteiger charge is 2.27. The predicted molar refractivity (Wildman–Crippen MR) is 72.6 cm³/mol. The predicted octanol–water partition coefficient (Wildman–Crippen LogP) is 2.34. The highest BCUT2D eigenvalue weighted by atomic mass is 16.6. The van der Waals surface area contributed by atoms with Crippen LogP contribution in [0.3, 0.4) is 0 Å². The van der Waals surface area contributed by atoms with E-state index in [-0.39, 0.29) is 18.7 Å². The molecule has 0 radical (unpaired) electrons. The van der Waals surface area contributed by atoms with E-state index < -0.39 is 0 Å². The molecule has 4 heteroatoms. The zero-order valence-corrected chi connectivity index (χ0v) is 10.9. The molecular weight excluding hydrogens is 242 g/mol. The smallest absolute Gasteiger partial charge is 0.410 e. The SMILES string of the molecule is O=C(OCc1ccccc1)N1CCCC1C=CCO. The molecule has 1 aliphatic heterocycles. The fourth-order valence-corrected chi connectivity index (χ4v) is 2.24. The molecule has 1 heterocycles. The normalized spacial score (nSPS) is 19.0. The number of carbonyl (C=O) groups is 1. The van der Waals surface area contributed by atoms with Crippen LogP contribution in [-0.2, 0) is 11.3 Å². The van der Waals surface area contributed by atoms with E-state index in [1.165, 1.54) is 0 Å². The van der Waals surface area contributed by atoms with Gasteiger partial charge in [-0.1, -0.05) is 42.5 Å². The van der Waals surface area contributed by atoms with Crippen LogP contribution < -0.4 is 0 Å². The summed E-state index contributed by atoms with van der Waals surface area (Å²) in [6.07, 6.45) is 5.16. The second-order valence-corrected chi connectivity index (χ2v) is 4.55. The maximum atomic E-state index is 12.0. The maximum absolute atomic E-state index is 12.0. The summed E-state index contributed by atoms with van der Waals surface area (Å²) in [5, 5.41) is 8.78. The second-order valence-electron chi connectivity index (χ2n) is 4.55. The first kappa shape index (κ1) is 13.6. The molecule has 4 nitrogen and oxygen atoms in total. The number of nitrogens with zero attached hydrogens (tertiary/aromatic N) is 1. The first-order chi connectivity index (χ1) is 9.31. The minimum absolute atomic E-state index is 0.00338. The number of ether oxygens (including phenoxy) is 1. The molecule has 1 unspecified atom stereocenters. The molecule has 102 valence electrons. The number of likely N-dealkylation sites (tertiary alicyclic amines) is 1. The Labute approximate surface area is 113 Å². The van der Waals surface area contributed by atoms with E-state index in [0.717, 1.165) is 18.4 Å². The van der Waals surface area contributed by atoms with Crippen molar-refractivity contribution in [1.82, 2.24) is 4.90 Å². The molecule has 19 heavy (non-hydrogen) atoms. The molecule has 0 spiro atoms. The lowest BCUT2D eigenvalue weighted by Crippen LogP contribution is -2.34. The largest absolute Gasteiger partial charge is 0.445 e. The average molecular weight is 261 g/mol. The minimum atomic E-state index is -0.283. The summed E-state index contributed by atoms with van der Waals surface area (Å²) in [7, 11) is 0. The van der Waals surface area contributed by atoms with Crippen LogP contribution in [0.2, 0.25) is 0 Å². The first-order valence-corrected chi connectivity index (χ1v) is 6.56. The van der Waals surface area contributed by atoms with Gasteiger partial charge in [0.05, 0.1) is 12.6 Å². The number of hydrogen-bond donors (Lipinski definition) is 1. The van der Waals surface area contributed by atoms with Crippen molar-refractivity contribution in [3.8, 4) is 0 Å². The topological polar surface area (TPSA) is 49.8 Å². The van der Waals surface area contributed by atoms with Crippen molar-refractivity contribution in [3.05, 3.63) is 48.0 Å². The molecule has 1 atom stereocenters. The molecule has 1 amide bonds. The van der Waals surface area contributed by atoms with Gasteiger partial charge >= 0.3 is 6.09 Å². The first-order valence-electron chi connectivity index (χ1n) is 6.56. The van der Waals surface area contributed by atoms with E-state index in [1.54, 1.807) is 11.0 Å². The van der Waals surface area contributed by atoms with E-state index in [1.807, 2.05) is 36.4 Å². The average Bonchev–Trinajstić information content (AvgIpc) is 2.92. The third-order valence-corrected chi connectivity index (χ3v) is 3.20. The number of aliphatic hydroxyl groups is 1. The fourth-order valence-electron chi connectivity index (χ4n) is 2.24. The standard InChI is InChI=1S/C15H19NO3/c17-11-5-9-14-8-4-10-16(14)15(18)19-12-13-6-2-1-3-7-13/h1-3,5-7,9,14,17H,4,8,10-12H2. The van der Waals surface area contributed by atoms with Gasteiger partial charge < -0.3 is 14.7 Å². The Morgan fingerprint density at radius 3 is 2.95 bits per heavy atom. The molecule has 0 aliphatic carbocycles. The van der Waals surface area contributed by atoms with Crippen LogP contribution in [0.4, 0.5) is 4.79 Å². The van der Waals surface area contributed by atoms with Crippen molar-refractivity contribution in [2.45, 2.75) is 25.5 Å². The summed E-state index contributed by atoms with van der Waals surface area (Å²) >= 11 is 0. The Balaban J connectivity index is 1.87. The van der Waals surface area contributed by atoms with Gasteiger partial charge in [0.25, 0.3) is 0 Å². The summed E-state index contributed by atoms with van der Waals surface area (Å²) in [6, 6.07) is 9.69. The summed E-state index contributed by atoms with van der Waals surface area (Å²) in [6.45, 7) is 1.02.